The molecule has 0 aliphatic carbocycles. The van der Waals surface area contributed by atoms with Crippen molar-refractivity contribution in [1.29, 1.82) is 0 Å². The second-order valence-electron chi connectivity index (χ2n) is 2.90. The zero-order valence-corrected chi connectivity index (χ0v) is 6.26. The normalized spacial score (nSPS) is 40.1. The lowest BCUT2D eigenvalue weighted by molar-refractivity contribution is -0.158. The molecule has 0 saturated carbocycles. The smallest absolute Gasteiger partial charge is 0.161 e. The number of carbonyl (C=O) groups is 1. The second-order valence-corrected chi connectivity index (χ2v) is 2.90. The molecule has 0 aromatic rings. The molecule has 1 aliphatic rings. The highest BCUT2D eigenvalue weighted by Crippen LogP contribution is 2.29. The van der Waals surface area contributed by atoms with Gasteiger partial charge in [0, 0.05) is 6.42 Å². The van der Waals surface area contributed by atoms with Crippen LogP contribution in [-0.2, 0) is 9.53 Å². The van der Waals surface area contributed by atoms with Gasteiger partial charge in [-0.3, -0.25) is 4.79 Å². The Morgan fingerprint density at radius 3 is 2.60 bits per heavy atom. The molecule has 2 atom stereocenters. The summed E-state index contributed by atoms with van der Waals surface area (Å²) in [7, 11) is 0. The summed E-state index contributed by atoms with van der Waals surface area (Å²) in [6, 6.07) is 0. The zero-order chi connectivity index (χ0) is 7.78. The highest BCUT2D eigenvalue weighted by Gasteiger charge is 2.38. The van der Waals surface area contributed by atoms with Crippen LogP contribution in [0, 0.1) is 0 Å². The first-order valence-corrected chi connectivity index (χ1v) is 3.41. The molecule has 0 spiro atoms. The van der Waals surface area contributed by atoms with Crippen LogP contribution in [0.1, 0.15) is 26.7 Å². The monoisotopic (exact) mass is 144 g/mol. The van der Waals surface area contributed by atoms with Crippen LogP contribution >= 0.6 is 0 Å². The van der Waals surface area contributed by atoms with E-state index in [0.717, 1.165) is 0 Å². The third-order valence-electron chi connectivity index (χ3n) is 2.01. The fourth-order valence-corrected chi connectivity index (χ4v) is 1.08. The van der Waals surface area contributed by atoms with Gasteiger partial charge in [-0.1, -0.05) is 0 Å². The summed E-state index contributed by atoms with van der Waals surface area (Å²) in [6.45, 7) is 3.20. The molecular weight excluding hydrogens is 132 g/mol. The minimum absolute atomic E-state index is 0.0101. The SMILES string of the molecule is CC(=O)[C@@]1(C)CC[C@H](O)O1. The van der Waals surface area contributed by atoms with Crippen molar-refractivity contribution in [3.05, 3.63) is 0 Å². The lowest BCUT2D eigenvalue weighted by Gasteiger charge is -2.19. The second kappa shape index (κ2) is 2.32. The summed E-state index contributed by atoms with van der Waals surface area (Å²) in [5.41, 5.74) is -0.723. The van der Waals surface area contributed by atoms with Gasteiger partial charge in [-0.05, 0) is 20.3 Å². The number of ether oxygens (including phenoxy) is 1. The number of aliphatic hydroxyl groups excluding tert-OH is 1. The number of aliphatic hydroxyl groups is 1. The quantitative estimate of drug-likeness (QED) is 0.581. The van der Waals surface area contributed by atoms with Crippen LogP contribution in [0.2, 0.25) is 0 Å². The molecule has 0 amide bonds. The molecule has 0 aromatic carbocycles. The van der Waals surface area contributed by atoms with Gasteiger partial charge < -0.3 is 9.84 Å². The van der Waals surface area contributed by atoms with Crippen molar-refractivity contribution < 1.29 is 14.6 Å². The van der Waals surface area contributed by atoms with E-state index in [1.807, 2.05) is 0 Å². The molecule has 58 valence electrons. The van der Waals surface area contributed by atoms with Crippen LogP contribution in [-0.4, -0.2) is 22.8 Å². The molecule has 0 unspecified atom stereocenters. The molecular formula is C7H12O3. The zero-order valence-electron chi connectivity index (χ0n) is 6.26. The van der Waals surface area contributed by atoms with Crippen molar-refractivity contribution in [1.82, 2.24) is 0 Å². The highest BCUT2D eigenvalue weighted by atomic mass is 16.6. The molecule has 1 rings (SSSR count). The van der Waals surface area contributed by atoms with Gasteiger partial charge in [0.2, 0.25) is 0 Å². The Kier molecular flexibility index (Phi) is 1.79. The van der Waals surface area contributed by atoms with E-state index in [4.69, 9.17) is 9.84 Å². The van der Waals surface area contributed by atoms with E-state index in [9.17, 15) is 4.79 Å². The summed E-state index contributed by atoms with van der Waals surface area (Å²) >= 11 is 0. The maximum absolute atomic E-state index is 10.9. The summed E-state index contributed by atoms with van der Waals surface area (Å²) in [5, 5.41) is 8.94. The van der Waals surface area contributed by atoms with Gasteiger partial charge in [-0.25, -0.2) is 0 Å². The third-order valence-corrected chi connectivity index (χ3v) is 2.01. The fraction of sp³-hybridized carbons (Fsp3) is 0.857. The van der Waals surface area contributed by atoms with Crippen LogP contribution in [0.3, 0.4) is 0 Å². The third kappa shape index (κ3) is 1.20. The topological polar surface area (TPSA) is 46.5 Å². The molecule has 3 nitrogen and oxygen atoms in total. The van der Waals surface area contributed by atoms with E-state index < -0.39 is 11.9 Å². The van der Waals surface area contributed by atoms with Gasteiger partial charge in [0.05, 0.1) is 0 Å². The Morgan fingerprint density at radius 1 is 1.80 bits per heavy atom. The van der Waals surface area contributed by atoms with E-state index >= 15 is 0 Å². The Balaban J connectivity index is 2.63. The van der Waals surface area contributed by atoms with Gasteiger partial charge in [0.25, 0.3) is 0 Å². The molecule has 0 bridgehead atoms. The lowest BCUT2D eigenvalue weighted by Crippen LogP contribution is -2.33. The van der Waals surface area contributed by atoms with E-state index in [0.29, 0.717) is 12.8 Å². The molecule has 1 N–H and O–H groups in total. The van der Waals surface area contributed by atoms with Gasteiger partial charge in [-0.15, -0.1) is 0 Å². The van der Waals surface area contributed by atoms with Crippen LogP contribution in [0.5, 0.6) is 0 Å². The van der Waals surface area contributed by atoms with E-state index in [1.54, 1.807) is 6.92 Å². The summed E-state index contributed by atoms with van der Waals surface area (Å²) in [4.78, 5) is 10.9. The number of ketones is 1. The number of Topliss-reactive ketones (excluding diaryl/α,β-unsaturated/α-hetero) is 1. The largest absolute Gasteiger partial charge is 0.368 e. The first kappa shape index (κ1) is 7.69. The summed E-state index contributed by atoms with van der Waals surface area (Å²) in [5.74, 6) is -0.0101. The molecule has 3 heteroatoms. The lowest BCUT2D eigenvalue weighted by atomic mass is 9.99. The van der Waals surface area contributed by atoms with Crippen molar-refractivity contribution in [3.8, 4) is 0 Å². The number of carbonyl (C=O) groups excluding carboxylic acids is 1. The van der Waals surface area contributed by atoms with Gasteiger partial charge >= 0.3 is 0 Å². The van der Waals surface area contributed by atoms with E-state index in [2.05, 4.69) is 0 Å². The van der Waals surface area contributed by atoms with Crippen LogP contribution < -0.4 is 0 Å². The van der Waals surface area contributed by atoms with E-state index in [1.165, 1.54) is 6.92 Å². The van der Waals surface area contributed by atoms with Crippen molar-refractivity contribution in [2.24, 2.45) is 0 Å². The maximum atomic E-state index is 10.9. The minimum atomic E-state index is -0.742. The number of hydrogen-bond acceptors (Lipinski definition) is 3. The first-order valence-electron chi connectivity index (χ1n) is 3.41. The summed E-state index contributed by atoms with van der Waals surface area (Å²) < 4.78 is 5.02. The average molecular weight is 144 g/mol. The average Bonchev–Trinajstić information content (AvgIpc) is 2.13. The van der Waals surface area contributed by atoms with Crippen LogP contribution in [0.4, 0.5) is 0 Å². The van der Waals surface area contributed by atoms with Gasteiger partial charge in [0.1, 0.15) is 5.60 Å². The Morgan fingerprint density at radius 2 is 2.40 bits per heavy atom. The van der Waals surface area contributed by atoms with Crippen molar-refractivity contribution >= 4 is 5.78 Å². The Bertz CT molecular complexity index is 155. The Labute approximate surface area is 60.0 Å². The molecule has 0 radical (unpaired) electrons. The predicted octanol–water partition coefficient (Wildman–Crippen LogP) is 0.463. The summed E-state index contributed by atoms with van der Waals surface area (Å²) in [6.07, 6.45) is 0.452. The molecule has 1 saturated heterocycles. The minimum Gasteiger partial charge on any atom is -0.368 e. The van der Waals surface area contributed by atoms with Crippen molar-refractivity contribution in [3.63, 3.8) is 0 Å². The number of rotatable bonds is 1. The molecule has 1 aliphatic heterocycles. The maximum Gasteiger partial charge on any atom is 0.161 e. The van der Waals surface area contributed by atoms with Crippen molar-refractivity contribution in [2.75, 3.05) is 0 Å². The van der Waals surface area contributed by atoms with Crippen LogP contribution in [0.25, 0.3) is 0 Å². The highest BCUT2D eigenvalue weighted by molar-refractivity contribution is 5.84. The fourth-order valence-electron chi connectivity index (χ4n) is 1.08. The molecule has 0 aromatic heterocycles. The van der Waals surface area contributed by atoms with Crippen molar-refractivity contribution in [2.45, 2.75) is 38.6 Å². The van der Waals surface area contributed by atoms with Crippen LogP contribution in [0.15, 0.2) is 0 Å². The number of hydrogen-bond donors (Lipinski definition) is 1. The predicted molar refractivity (Wildman–Crippen MR) is 35.4 cm³/mol. The molecule has 1 fully saturated rings. The standard InChI is InChI=1S/C7H12O3/c1-5(8)7(2)4-3-6(9)10-7/h6,9H,3-4H2,1-2H3/t6-,7-/m1/s1. The molecule has 1 heterocycles. The van der Waals surface area contributed by atoms with E-state index in [-0.39, 0.29) is 5.78 Å². The van der Waals surface area contributed by atoms with Gasteiger partial charge in [-0.2, -0.15) is 0 Å². The first-order chi connectivity index (χ1) is 4.54. The van der Waals surface area contributed by atoms with Gasteiger partial charge in [0.15, 0.2) is 12.1 Å². The molecule has 10 heavy (non-hydrogen) atoms. The Hall–Kier alpha value is -0.410.